The summed E-state index contributed by atoms with van der Waals surface area (Å²) in [6, 6.07) is 0.941. The van der Waals surface area contributed by atoms with Crippen molar-refractivity contribution < 1.29 is 9.59 Å². The minimum atomic E-state index is -0.603. The Morgan fingerprint density at radius 3 is 2.56 bits per heavy atom. The Hall–Kier alpha value is -1.82. The number of carbonyl (C=O) groups excluding carboxylic acids is 2. The zero-order chi connectivity index (χ0) is 13.9. The summed E-state index contributed by atoms with van der Waals surface area (Å²) in [5.41, 5.74) is 5.32. The zero-order valence-electron chi connectivity index (χ0n) is 10.4. The van der Waals surface area contributed by atoms with Crippen LogP contribution in [0.2, 0.25) is 5.02 Å². The normalized spacial score (nSPS) is 11.8. The summed E-state index contributed by atoms with van der Waals surface area (Å²) < 4.78 is 0. The molecular formula is C11H15ClN4O2. The SMILES string of the molecule is C[C@H](Nc1ncc(C(N)=O)cc1Cl)C(=O)N(C)C. The Morgan fingerprint density at radius 2 is 2.11 bits per heavy atom. The van der Waals surface area contributed by atoms with Crippen molar-refractivity contribution in [2.45, 2.75) is 13.0 Å². The van der Waals surface area contributed by atoms with E-state index in [0.717, 1.165) is 0 Å². The average molecular weight is 271 g/mol. The molecule has 1 atom stereocenters. The monoisotopic (exact) mass is 270 g/mol. The number of hydrogen-bond acceptors (Lipinski definition) is 4. The lowest BCUT2D eigenvalue weighted by Gasteiger charge is -2.19. The van der Waals surface area contributed by atoms with Gasteiger partial charge in [0, 0.05) is 20.3 Å². The largest absolute Gasteiger partial charge is 0.366 e. The molecule has 0 aliphatic rings. The Bertz CT molecular complexity index is 476. The lowest BCUT2D eigenvalue weighted by atomic mass is 10.2. The predicted octanol–water partition coefficient (Wildman–Crippen LogP) is 0.722. The maximum atomic E-state index is 11.7. The van der Waals surface area contributed by atoms with Crippen molar-refractivity contribution in [2.24, 2.45) is 5.73 Å². The fourth-order valence-corrected chi connectivity index (χ4v) is 1.55. The number of nitrogens with zero attached hydrogens (tertiary/aromatic N) is 2. The number of anilines is 1. The minimum Gasteiger partial charge on any atom is -0.366 e. The summed E-state index contributed by atoms with van der Waals surface area (Å²) in [7, 11) is 3.32. The van der Waals surface area contributed by atoms with E-state index in [9.17, 15) is 9.59 Å². The molecule has 0 aliphatic heterocycles. The number of nitrogens with one attached hydrogen (secondary N) is 1. The van der Waals surface area contributed by atoms with E-state index in [1.165, 1.54) is 17.2 Å². The van der Waals surface area contributed by atoms with Crippen molar-refractivity contribution >= 4 is 29.2 Å². The van der Waals surface area contributed by atoms with Gasteiger partial charge < -0.3 is 16.0 Å². The van der Waals surface area contributed by atoms with Gasteiger partial charge in [-0.15, -0.1) is 0 Å². The van der Waals surface area contributed by atoms with Gasteiger partial charge in [0.05, 0.1) is 10.6 Å². The van der Waals surface area contributed by atoms with Crippen LogP contribution in [0.5, 0.6) is 0 Å². The summed E-state index contributed by atoms with van der Waals surface area (Å²) >= 11 is 5.94. The van der Waals surface area contributed by atoms with Crippen molar-refractivity contribution in [1.82, 2.24) is 9.88 Å². The molecule has 98 valence electrons. The second-order valence-corrected chi connectivity index (χ2v) is 4.42. The first-order valence-electron chi connectivity index (χ1n) is 5.26. The molecule has 7 heteroatoms. The summed E-state index contributed by atoms with van der Waals surface area (Å²) in [5, 5.41) is 3.11. The van der Waals surface area contributed by atoms with Crippen LogP contribution in [0, 0.1) is 0 Å². The number of likely N-dealkylation sites (N-methyl/N-ethyl adjacent to an activating group) is 1. The fraction of sp³-hybridized carbons (Fsp3) is 0.364. The third-order valence-corrected chi connectivity index (χ3v) is 2.58. The van der Waals surface area contributed by atoms with Crippen LogP contribution < -0.4 is 11.1 Å². The summed E-state index contributed by atoms with van der Waals surface area (Å²) in [4.78, 5) is 28.0. The maximum Gasteiger partial charge on any atom is 0.250 e. The third-order valence-electron chi connectivity index (χ3n) is 2.29. The Kier molecular flexibility index (Phi) is 4.49. The molecule has 0 aliphatic carbocycles. The predicted molar refractivity (Wildman–Crippen MR) is 69.5 cm³/mol. The highest BCUT2D eigenvalue weighted by Crippen LogP contribution is 2.20. The highest BCUT2D eigenvalue weighted by Gasteiger charge is 2.16. The molecule has 0 aromatic carbocycles. The molecule has 0 fully saturated rings. The molecule has 0 spiro atoms. The van der Waals surface area contributed by atoms with Crippen LogP contribution in [0.25, 0.3) is 0 Å². The molecule has 1 aromatic heterocycles. The van der Waals surface area contributed by atoms with E-state index in [1.807, 2.05) is 0 Å². The number of nitrogens with two attached hydrogens (primary N) is 1. The van der Waals surface area contributed by atoms with Gasteiger partial charge in [-0.3, -0.25) is 9.59 Å². The Labute approximate surface area is 110 Å². The van der Waals surface area contributed by atoms with Gasteiger partial charge >= 0.3 is 0 Å². The van der Waals surface area contributed by atoms with Gasteiger partial charge in [-0.1, -0.05) is 11.6 Å². The number of halogens is 1. The molecule has 0 radical (unpaired) electrons. The number of hydrogen-bond donors (Lipinski definition) is 2. The molecule has 2 amide bonds. The van der Waals surface area contributed by atoms with Crippen LogP contribution in [0.15, 0.2) is 12.3 Å². The van der Waals surface area contributed by atoms with Crippen molar-refractivity contribution in [3.63, 3.8) is 0 Å². The van der Waals surface area contributed by atoms with Crippen molar-refractivity contribution in [1.29, 1.82) is 0 Å². The van der Waals surface area contributed by atoms with Crippen LogP contribution in [0.4, 0.5) is 5.82 Å². The van der Waals surface area contributed by atoms with E-state index in [1.54, 1.807) is 21.0 Å². The minimum absolute atomic E-state index is 0.105. The van der Waals surface area contributed by atoms with E-state index < -0.39 is 11.9 Å². The van der Waals surface area contributed by atoms with Gasteiger partial charge in [0.2, 0.25) is 11.8 Å². The molecule has 18 heavy (non-hydrogen) atoms. The second kappa shape index (κ2) is 5.68. The highest BCUT2D eigenvalue weighted by molar-refractivity contribution is 6.33. The van der Waals surface area contributed by atoms with Gasteiger partial charge in [0.25, 0.3) is 0 Å². The van der Waals surface area contributed by atoms with Gasteiger partial charge in [-0.05, 0) is 13.0 Å². The number of amides is 2. The summed E-state index contributed by atoms with van der Waals surface area (Å²) in [6.07, 6.45) is 1.31. The van der Waals surface area contributed by atoms with Crippen LogP contribution in [-0.2, 0) is 4.79 Å². The Morgan fingerprint density at radius 1 is 1.50 bits per heavy atom. The van der Waals surface area contributed by atoms with E-state index in [2.05, 4.69) is 10.3 Å². The first-order chi connectivity index (χ1) is 8.32. The molecule has 0 saturated heterocycles. The van der Waals surface area contributed by atoms with E-state index in [-0.39, 0.29) is 16.5 Å². The highest BCUT2D eigenvalue weighted by atomic mass is 35.5. The molecule has 1 aromatic rings. The fourth-order valence-electron chi connectivity index (χ4n) is 1.33. The molecule has 6 nitrogen and oxygen atoms in total. The van der Waals surface area contributed by atoms with Gasteiger partial charge in [-0.25, -0.2) is 4.98 Å². The van der Waals surface area contributed by atoms with Gasteiger partial charge in [0.1, 0.15) is 11.9 Å². The summed E-state index contributed by atoms with van der Waals surface area (Å²) in [6.45, 7) is 1.70. The molecule has 3 N–H and O–H groups in total. The Balaban J connectivity index is 2.86. The van der Waals surface area contributed by atoms with Crippen molar-refractivity contribution in [3.8, 4) is 0 Å². The van der Waals surface area contributed by atoms with E-state index in [0.29, 0.717) is 5.82 Å². The second-order valence-electron chi connectivity index (χ2n) is 4.02. The van der Waals surface area contributed by atoms with Gasteiger partial charge in [-0.2, -0.15) is 0 Å². The number of carbonyl (C=O) groups is 2. The van der Waals surface area contributed by atoms with Crippen molar-refractivity contribution in [3.05, 3.63) is 22.8 Å². The third kappa shape index (κ3) is 3.33. The maximum absolute atomic E-state index is 11.7. The lowest BCUT2D eigenvalue weighted by molar-refractivity contribution is -0.129. The van der Waals surface area contributed by atoms with Crippen molar-refractivity contribution in [2.75, 3.05) is 19.4 Å². The van der Waals surface area contributed by atoms with Crippen LogP contribution in [0.1, 0.15) is 17.3 Å². The van der Waals surface area contributed by atoms with Crippen LogP contribution >= 0.6 is 11.6 Å². The number of rotatable bonds is 4. The van der Waals surface area contributed by atoms with E-state index in [4.69, 9.17) is 17.3 Å². The molecule has 0 saturated carbocycles. The summed E-state index contributed by atoms with van der Waals surface area (Å²) in [5.74, 6) is -0.371. The molecular weight excluding hydrogens is 256 g/mol. The topological polar surface area (TPSA) is 88.3 Å². The van der Waals surface area contributed by atoms with Crippen LogP contribution in [0.3, 0.4) is 0 Å². The first kappa shape index (κ1) is 14.2. The smallest absolute Gasteiger partial charge is 0.250 e. The average Bonchev–Trinajstić information content (AvgIpc) is 2.30. The van der Waals surface area contributed by atoms with E-state index >= 15 is 0 Å². The lowest BCUT2D eigenvalue weighted by Crippen LogP contribution is -2.36. The zero-order valence-corrected chi connectivity index (χ0v) is 11.2. The molecule has 0 unspecified atom stereocenters. The number of primary amides is 1. The first-order valence-corrected chi connectivity index (χ1v) is 5.63. The standard InChI is InChI=1S/C11H15ClN4O2/c1-6(11(18)16(2)3)15-10-8(12)4-7(5-14-10)9(13)17/h4-6H,1-3H3,(H2,13,17)(H,14,15)/t6-/m0/s1. The number of aromatic nitrogens is 1. The van der Waals surface area contributed by atoms with Crippen LogP contribution in [-0.4, -0.2) is 41.8 Å². The molecule has 1 rings (SSSR count). The molecule has 0 bridgehead atoms. The quantitative estimate of drug-likeness (QED) is 0.844. The number of pyridine rings is 1. The molecule has 1 heterocycles. The van der Waals surface area contributed by atoms with Gasteiger partial charge in [0.15, 0.2) is 0 Å².